The van der Waals surface area contributed by atoms with E-state index in [1.165, 1.54) is 7.05 Å². The maximum atomic E-state index is 10.6. The Morgan fingerprint density at radius 1 is 1.00 bits per heavy atom. The molecule has 96 valence electrons. The van der Waals surface area contributed by atoms with E-state index in [1.807, 2.05) is 0 Å². The molecule has 0 aromatic heterocycles. The van der Waals surface area contributed by atoms with Gasteiger partial charge in [-0.25, -0.2) is 4.79 Å². The molecule has 0 saturated carbocycles. The van der Waals surface area contributed by atoms with Crippen molar-refractivity contribution in [2.24, 2.45) is 0 Å². The molecule has 0 rings (SSSR count). The Kier molecular flexibility index (Phi) is 11.6. The molecule has 6 nitrogen and oxygen atoms in total. The summed E-state index contributed by atoms with van der Waals surface area (Å²) in [5, 5.41) is 2.36. The summed E-state index contributed by atoms with van der Waals surface area (Å²) < 4.78 is 20.0. The summed E-state index contributed by atoms with van der Waals surface area (Å²) in [6, 6.07) is 0. The fourth-order valence-electron chi connectivity index (χ4n) is 0.862. The SMILES string of the molecule is CNC(=O)OCCCOCCOCCOC. The number of carbonyl (C=O) groups is 1. The molecule has 0 aliphatic rings. The van der Waals surface area contributed by atoms with E-state index in [2.05, 4.69) is 5.32 Å². The molecule has 0 aliphatic carbocycles. The van der Waals surface area contributed by atoms with Gasteiger partial charge in [-0.15, -0.1) is 0 Å². The van der Waals surface area contributed by atoms with Crippen molar-refractivity contribution in [1.82, 2.24) is 5.32 Å². The number of hydrogen-bond acceptors (Lipinski definition) is 5. The topological polar surface area (TPSA) is 66.0 Å². The van der Waals surface area contributed by atoms with Crippen molar-refractivity contribution in [2.45, 2.75) is 6.42 Å². The van der Waals surface area contributed by atoms with Crippen LogP contribution in [0.2, 0.25) is 0 Å². The van der Waals surface area contributed by atoms with Gasteiger partial charge in [0.2, 0.25) is 0 Å². The Morgan fingerprint density at radius 2 is 1.62 bits per heavy atom. The first-order valence-corrected chi connectivity index (χ1v) is 5.30. The quantitative estimate of drug-likeness (QED) is 0.556. The van der Waals surface area contributed by atoms with Crippen LogP contribution in [0.3, 0.4) is 0 Å². The Balaban J connectivity index is 2.96. The predicted molar refractivity (Wildman–Crippen MR) is 58.5 cm³/mol. The highest BCUT2D eigenvalue weighted by atomic mass is 16.6. The van der Waals surface area contributed by atoms with Crippen molar-refractivity contribution in [3.8, 4) is 0 Å². The number of nitrogens with one attached hydrogen (secondary N) is 1. The summed E-state index contributed by atoms with van der Waals surface area (Å²) in [5.74, 6) is 0. The molecule has 0 fully saturated rings. The first-order chi connectivity index (χ1) is 7.81. The van der Waals surface area contributed by atoms with Gasteiger partial charge in [0.1, 0.15) is 0 Å². The van der Waals surface area contributed by atoms with Gasteiger partial charge in [-0.2, -0.15) is 0 Å². The number of ether oxygens (including phenoxy) is 4. The molecule has 0 spiro atoms. The highest BCUT2D eigenvalue weighted by Crippen LogP contribution is 1.86. The third-order valence-corrected chi connectivity index (χ3v) is 1.67. The van der Waals surface area contributed by atoms with E-state index in [1.54, 1.807) is 7.11 Å². The van der Waals surface area contributed by atoms with E-state index in [9.17, 15) is 4.79 Å². The number of rotatable bonds is 10. The van der Waals surface area contributed by atoms with Gasteiger partial charge >= 0.3 is 6.09 Å². The van der Waals surface area contributed by atoms with Gasteiger partial charge in [-0.1, -0.05) is 0 Å². The van der Waals surface area contributed by atoms with E-state index < -0.39 is 6.09 Å². The monoisotopic (exact) mass is 235 g/mol. The van der Waals surface area contributed by atoms with Crippen molar-refractivity contribution in [1.29, 1.82) is 0 Å². The van der Waals surface area contributed by atoms with Crippen LogP contribution in [-0.4, -0.2) is 59.9 Å². The minimum atomic E-state index is -0.414. The fourth-order valence-corrected chi connectivity index (χ4v) is 0.862. The van der Waals surface area contributed by atoms with E-state index in [0.717, 1.165) is 0 Å². The van der Waals surface area contributed by atoms with Crippen molar-refractivity contribution < 1.29 is 23.7 Å². The van der Waals surface area contributed by atoms with Crippen LogP contribution in [-0.2, 0) is 18.9 Å². The number of amides is 1. The van der Waals surface area contributed by atoms with Crippen LogP contribution in [0.4, 0.5) is 4.79 Å². The molecular weight excluding hydrogens is 214 g/mol. The van der Waals surface area contributed by atoms with Crippen LogP contribution in [0.15, 0.2) is 0 Å². The second-order valence-corrected chi connectivity index (χ2v) is 2.96. The zero-order valence-corrected chi connectivity index (χ0v) is 9.99. The van der Waals surface area contributed by atoms with E-state index in [-0.39, 0.29) is 0 Å². The van der Waals surface area contributed by atoms with Gasteiger partial charge in [-0.05, 0) is 0 Å². The molecular formula is C10H21NO5. The van der Waals surface area contributed by atoms with Crippen molar-refractivity contribution >= 4 is 6.09 Å². The van der Waals surface area contributed by atoms with Gasteiger partial charge < -0.3 is 24.3 Å². The number of hydrogen-bond donors (Lipinski definition) is 1. The smallest absolute Gasteiger partial charge is 0.406 e. The van der Waals surface area contributed by atoms with Crippen LogP contribution in [0, 0.1) is 0 Å². The summed E-state index contributed by atoms with van der Waals surface area (Å²) in [5.41, 5.74) is 0. The molecule has 6 heteroatoms. The van der Waals surface area contributed by atoms with Gasteiger partial charge in [0.15, 0.2) is 0 Å². The highest BCUT2D eigenvalue weighted by molar-refractivity contribution is 5.66. The third-order valence-electron chi connectivity index (χ3n) is 1.67. The summed E-state index contributed by atoms with van der Waals surface area (Å²) in [4.78, 5) is 10.6. The lowest BCUT2D eigenvalue weighted by atomic mass is 10.5. The highest BCUT2D eigenvalue weighted by Gasteiger charge is 1.96. The molecule has 0 aromatic carbocycles. The first-order valence-electron chi connectivity index (χ1n) is 5.30. The summed E-state index contributed by atoms with van der Waals surface area (Å²) in [6.45, 7) is 3.21. The Bertz CT molecular complexity index is 165. The lowest BCUT2D eigenvalue weighted by molar-refractivity contribution is 0.0211. The van der Waals surface area contributed by atoms with E-state index in [4.69, 9.17) is 18.9 Å². The minimum Gasteiger partial charge on any atom is -0.449 e. The second-order valence-electron chi connectivity index (χ2n) is 2.96. The van der Waals surface area contributed by atoms with Crippen LogP contribution in [0.25, 0.3) is 0 Å². The molecule has 0 unspecified atom stereocenters. The fraction of sp³-hybridized carbons (Fsp3) is 0.900. The van der Waals surface area contributed by atoms with Crippen molar-refractivity contribution in [3.63, 3.8) is 0 Å². The molecule has 0 aromatic rings. The largest absolute Gasteiger partial charge is 0.449 e. The lowest BCUT2D eigenvalue weighted by Gasteiger charge is -2.06. The van der Waals surface area contributed by atoms with Gasteiger partial charge in [0.25, 0.3) is 0 Å². The first kappa shape index (κ1) is 15.2. The van der Waals surface area contributed by atoms with Gasteiger partial charge in [0, 0.05) is 27.2 Å². The van der Waals surface area contributed by atoms with E-state index in [0.29, 0.717) is 46.1 Å². The Labute approximate surface area is 96.2 Å². The summed E-state index contributed by atoms with van der Waals surface area (Å²) in [7, 11) is 3.16. The molecule has 0 aliphatic heterocycles. The molecule has 1 amide bonds. The van der Waals surface area contributed by atoms with Crippen molar-refractivity contribution in [3.05, 3.63) is 0 Å². The standard InChI is InChI=1S/C10H21NO5/c1-11-10(12)16-5-3-4-14-8-9-15-7-6-13-2/h3-9H2,1-2H3,(H,11,12). The Hall–Kier alpha value is -0.850. The van der Waals surface area contributed by atoms with Crippen molar-refractivity contribution in [2.75, 3.05) is 53.8 Å². The van der Waals surface area contributed by atoms with Crippen LogP contribution in [0.5, 0.6) is 0 Å². The normalized spacial score (nSPS) is 10.1. The maximum absolute atomic E-state index is 10.6. The minimum absolute atomic E-state index is 0.365. The maximum Gasteiger partial charge on any atom is 0.406 e. The lowest BCUT2D eigenvalue weighted by Crippen LogP contribution is -2.20. The van der Waals surface area contributed by atoms with Crippen LogP contribution in [0.1, 0.15) is 6.42 Å². The molecule has 0 heterocycles. The summed E-state index contributed by atoms with van der Waals surface area (Å²) in [6.07, 6.45) is 0.272. The van der Waals surface area contributed by atoms with Crippen LogP contribution < -0.4 is 5.32 Å². The van der Waals surface area contributed by atoms with Gasteiger partial charge in [0.05, 0.1) is 33.0 Å². The number of methoxy groups -OCH3 is 1. The third kappa shape index (κ3) is 11.2. The average molecular weight is 235 g/mol. The number of carbonyl (C=O) groups excluding carboxylic acids is 1. The summed E-state index contributed by atoms with van der Waals surface area (Å²) >= 11 is 0. The van der Waals surface area contributed by atoms with Gasteiger partial charge in [-0.3, -0.25) is 0 Å². The van der Waals surface area contributed by atoms with E-state index >= 15 is 0 Å². The van der Waals surface area contributed by atoms with Crippen LogP contribution >= 0.6 is 0 Å². The molecule has 1 N–H and O–H groups in total. The molecule has 0 saturated heterocycles. The molecule has 0 atom stereocenters. The number of alkyl carbamates (subject to hydrolysis) is 1. The second kappa shape index (κ2) is 12.2. The zero-order valence-electron chi connectivity index (χ0n) is 9.99. The predicted octanol–water partition coefficient (Wildman–Crippen LogP) is 0.412. The Morgan fingerprint density at radius 3 is 2.25 bits per heavy atom. The zero-order chi connectivity index (χ0) is 12.1. The molecule has 0 radical (unpaired) electrons. The molecule has 16 heavy (non-hydrogen) atoms. The average Bonchev–Trinajstić information content (AvgIpc) is 2.31. The molecule has 0 bridgehead atoms.